The lowest BCUT2D eigenvalue weighted by atomic mass is 9.94. The second-order valence-corrected chi connectivity index (χ2v) is 5.83. The molecule has 5 heteroatoms. The number of ether oxygens (including phenoxy) is 1. The van der Waals surface area contributed by atoms with E-state index in [0.717, 1.165) is 17.7 Å². The van der Waals surface area contributed by atoms with Crippen molar-refractivity contribution in [3.8, 4) is 0 Å². The van der Waals surface area contributed by atoms with E-state index in [1.54, 1.807) is 0 Å². The third-order valence-electron chi connectivity index (χ3n) is 4.11. The van der Waals surface area contributed by atoms with Gasteiger partial charge in [0, 0.05) is 17.5 Å². The fraction of sp³-hybridized carbons (Fsp3) is 0.263. The highest BCUT2D eigenvalue weighted by molar-refractivity contribution is 6.00. The van der Waals surface area contributed by atoms with Gasteiger partial charge in [0.25, 0.3) is 0 Å². The second kappa shape index (κ2) is 7.27. The van der Waals surface area contributed by atoms with Crippen LogP contribution in [0.4, 0.5) is 5.69 Å². The first-order valence-corrected chi connectivity index (χ1v) is 8.00. The lowest BCUT2D eigenvalue weighted by Gasteiger charge is -2.21. The zero-order valence-corrected chi connectivity index (χ0v) is 13.4. The summed E-state index contributed by atoms with van der Waals surface area (Å²) in [4.78, 5) is 25.9. The van der Waals surface area contributed by atoms with Crippen molar-refractivity contribution in [3.63, 3.8) is 0 Å². The summed E-state index contributed by atoms with van der Waals surface area (Å²) >= 11 is 0. The molecule has 124 valence electrons. The Bertz CT molecular complexity index is 734. The first kappa shape index (κ1) is 16.2. The van der Waals surface area contributed by atoms with Gasteiger partial charge in [0.05, 0.1) is 6.04 Å². The first-order chi connectivity index (χ1) is 11.6. The molecule has 0 saturated carbocycles. The summed E-state index contributed by atoms with van der Waals surface area (Å²) in [5.41, 5.74) is 8.21. The molecule has 2 N–H and O–H groups in total. The van der Waals surface area contributed by atoms with Crippen molar-refractivity contribution in [2.45, 2.75) is 18.9 Å². The van der Waals surface area contributed by atoms with Gasteiger partial charge in [0.2, 0.25) is 0 Å². The maximum Gasteiger partial charge on any atom is 0.326 e. The molecule has 0 bridgehead atoms. The minimum Gasteiger partial charge on any atom is -0.459 e. The van der Waals surface area contributed by atoms with Crippen molar-refractivity contribution in [3.05, 3.63) is 59.8 Å². The van der Waals surface area contributed by atoms with Gasteiger partial charge < -0.3 is 15.4 Å². The van der Waals surface area contributed by atoms with Crippen LogP contribution in [0.15, 0.2) is 54.3 Å². The average molecular weight is 324 g/mol. The molecule has 1 aliphatic carbocycles. The number of ketones is 1. The van der Waals surface area contributed by atoms with Crippen LogP contribution in [0.25, 0.3) is 6.08 Å². The number of Topliss-reactive ketones (excluding diaryl/α,β-unsaturated/α-hetero) is 1. The lowest BCUT2D eigenvalue weighted by Crippen LogP contribution is -2.36. The summed E-state index contributed by atoms with van der Waals surface area (Å²) in [6.07, 6.45) is 10.8. The van der Waals surface area contributed by atoms with Crippen molar-refractivity contribution in [2.75, 3.05) is 18.1 Å². The predicted octanol–water partition coefficient (Wildman–Crippen LogP) is 2.19. The normalized spacial score (nSPS) is 19.5. The lowest BCUT2D eigenvalue weighted by molar-refractivity contribution is -0.141. The molecule has 1 aromatic rings. The standard InChI is InChI=1S/C19H20N2O3/c20-16-9-5-8-15(19(16)23)13-24-18(22)12-21-11-4-3-7-14-6-1-2-10-17(14)21/h1-4,6-8,10-11,16H,5,9,12-13,20H2. The van der Waals surface area contributed by atoms with E-state index < -0.39 is 6.04 Å². The van der Waals surface area contributed by atoms with E-state index in [0.29, 0.717) is 12.0 Å². The van der Waals surface area contributed by atoms with E-state index in [-0.39, 0.29) is 24.9 Å². The molecule has 5 nitrogen and oxygen atoms in total. The molecular weight excluding hydrogens is 304 g/mol. The van der Waals surface area contributed by atoms with Gasteiger partial charge >= 0.3 is 5.97 Å². The number of rotatable bonds is 4. The monoisotopic (exact) mass is 324 g/mol. The summed E-state index contributed by atoms with van der Waals surface area (Å²) in [5, 5.41) is 0. The summed E-state index contributed by atoms with van der Waals surface area (Å²) in [5.74, 6) is -0.512. The average Bonchev–Trinajstić information content (AvgIpc) is 2.79. The summed E-state index contributed by atoms with van der Waals surface area (Å²) < 4.78 is 5.28. The molecule has 24 heavy (non-hydrogen) atoms. The Morgan fingerprint density at radius 1 is 1.29 bits per heavy atom. The maximum atomic E-state index is 12.2. The van der Waals surface area contributed by atoms with Crippen molar-refractivity contribution >= 4 is 23.5 Å². The fourth-order valence-electron chi connectivity index (χ4n) is 2.80. The van der Waals surface area contributed by atoms with Crippen LogP contribution < -0.4 is 10.6 Å². The molecule has 1 aromatic carbocycles. The van der Waals surface area contributed by atoms with Gasteiger partial charge in [-0.2, -0.15) is 0 Å². The molecule has 2 aliphatic rings. The molecule has 3 rings (SSSR count). The quantitative estimate of drug-likeness (QED) is 0.860. The highest BCUT2D eigenvalue weighted by Crippen LogP contribution is 2.24. The smallest absolute Gasteiger partial charge is 0.326 e. The van der Waals surface area contributed by atoms with Crippen LogP contribution in [0.2, 0.25) is 0 Å². The molecular formula is C19H20N2O3. The van der Waals surface area contributed by atoms with Gasteiger partial charge in [0.1, 0.15) is 13.2 Å². The number of anilines is 1. The fourth-order valence-corrected chi connectivity index (χ4v) is 2.80. The van der Waals surface area contributed by atoms with E-state index in [9.17, 15) is 9.59 Å². The Morgan fingerprint density at radius 2 is 2.12 bits per heavy atom. The van der Waals surface area contributed by atoms with Gasteiger partial charge in [0.15, 0.2) is 5.78 Å². The number of fused-ring (bicyclic) bond motifs is 1. The van der Waals surface area contributed by atoms with Crippen LogP contribution in [0.5, 0.6) is 0 Å². The van der Waals surface area contributed by atoms with Crippen LogP contribution in [-0.2, 0) is 14.3 Å². The van der Waals surface area contributed by atoms with Crippen molar-refractivity contribution in [2.24, 2.45) is 5.73 Å². The number of esters is 1. The zero-order valence-electron chi connectivity index (χ0n) is 13.4. The number of para-hydroxylation sites is 1. The maximum absolute atomic E-state index is 12.2. The molecule has 0 aromatic heterocycles. The van der Waals surface area contributed by atoms with E-state index in [1.807, 2.05) is 59.7 Å². The van der Waals surface area contributed by atoms with Crippen LogP contribution in [0, 0.1) is 0 Å². The highest BCUT2D eigenvalue weighted by atomic mass is 16.5. The third-order valence-corrected chi connectivity index (χ3v) is 4.11. The molecule has 1 heterocycles. The van der Waals surface area contributed by atoms with Gasteiger partial charge in [-0.15, -0.1) is 0 Å². The number of nitrogens with two attached hydrogens (primary N) is 1. The Labute approximate surface area is 141 Å². The van der Waals surface area contributed by atoms with Gasteiger partial charge in [-0.3, -0.25) is 9.59 Å². The molecule has 0 amide bonds. The number of hydrogen-bond donors (Lipinski definition) is 1. The van der Waals surface area contributed by atoms with Gasteiger partial charge in [-0.25, -0.2) is 0 Å². The minimum atomic E-state index is -0.477. The first-order valence-electron chi connectivity index (χ1n) is 8.00. The zero-order chi connectivity index (χ0) is 16.9. The predicted molar refractivity (Wildman–Crippen MR) is 93.2 cm³/mol. The molecule has 0 fully saturated rings. The topological polar surface area (TPSA) is 72.6 Å². The van der Waals surface area contributed by atoms with E-state index in [4.69, 9.17) is 10.5 Å². The van der Waals surface area contributed by atoms with Crippen LogP contribution in [0.1, 0.15) is 18.4 Å². The van der Waals surface area contributed by atoms with Gasteiger partial charge in [-0.1, -0.05) is 36.4 Å². The number of hydrogen-bond acceptors (Lipinski definition) is 5. The van der Waals surface area contributed by atoms with Crippen LogP contribution >= 0.6 is 0 Å². The molecule has 1 aliphatic heterocycles. The molecule has 0 spiro atoms. The van der Waals surface area contributed by atoms with E-state index >= 15 is 0 Å². The Kier molecular flexibility index (Phi) is 4.91. The van der Waals surface area contributed by atoms with Crippen molar-refractivity contribution in [1.82, 2.24) is 0 Å². The Hall–Kier alpha value is -2.66. The second-order valence-electron chi connectivity index (χ2n) is 5.83. The number of carbonyl (C=O) groups is 2. The molecule has 1 unspecified atom stereocenters. The summed E-state index contributed by atoms with van der Waals surface area (Å²) in [7, 11) is 0. The number of benzene rings is 1. The van der Waals surface area contributed by atoms with E-state index in [1.165, 1.54) is 0 Å². The summed E-state index contributed by atoms with van der Waals surface area (Å²) in [6, 6.07) is 7.35. The number of nitrogens with zero attached hydrogens (tertiary/aromatic N) is 1. The molecule has 0 radical (unpaired) electrons. The largest absolute Gasteiger partial charge is 0.459 e. The van der Waals surface area contributed by atoms with E-state index in [2.05, 4.69) is 0 Å². The van der Waals surface area contributed by atoms with Crippen molar-refractivity contribution < 1.29 is 14.3 Å². The molecule has 1 atom stereocenters. The highest BCUT2D eigenvalue weighted by Gasteiger charge is 2.23. The Morgan fingerprint density at radius 3 is 3.00 bits per heavy atom. The van der Waals surface area contributed by atoms with Gasteiger partial charge in [-0.05, 0) is 30.5 Å². The minimum absolute atomic E-state index is 0.0111. The van der Waals surface area contributed by atoms with Crippen LogP contribution in [0.3, 0.4) is 0 Å². The number of allylic oxidation sites excluding steroid dienone is 3. The van der Waals surface area contributed by atoms with Crippen molar-refractivity contribution in [1.29, 1.82) is 0 Å². The Balaban J connectivity index is 1.62. The number of carbonyl (C=O) groups excluding carboxylic acids is 2. The summed E-state index contributed by atoms with van der Waals surface area (Å²) in [6.45, 7) is 0.0749. The molecule has 0 saturated heterocycles. The third kappa shape index (κ3) is 3.63. The SMILES string of the molecule is NC1CCC=C(COC(=O)CN2C=CC=Cc3ccccc32)C1=O. The van der Waals surface area contributed by atoms with Crippen LogP contribution in [-0.4, -0.2) is 30.9 Å².